The fourth-order valence-corrected chi connectivity index (χ4v) is 5.70. The quantitative estimate of drug-likeness (QED) is 0.194. The first-order valence-electron chi connectivity index (χ1n) is 15.3. The highest BCUT2D eigenvalue weighted by atomic mass is 16.5. The van der Waals surface area contributed by atoms with Crippen LogP contribution in [-0.2, 0) is 6.42 Å². The summed E-state index contributed by atoms with van der Waals surface area (Å²) < 4.78 is 5.96. The van der Waals surface area contributed by atoms with Crippen LogP contribution in [0.5, 0.6) is 5.75 Å². The standard InChI is InChI=1S/C33H52N2O/c1-3-5-6-7-8-9-10-11-12-13-25-36-32-23-21-31(22-24-32)33-34-26-30(27-35-33)20-19-29-17-15-28(14-4-2)16-18-29/h21-24,26-29H,3-20,25H2,1-2H3/t28-,29-. The van der Waals surface area contributed by atoms with Gasteiger partial charge in [-0.2, -0.15) is 0 Å². The highest BCUT2D eigenvalue weighted by Crippen LogP contribution is 2.33. The topological polar surface area (TPSA) is 35.0 Å². The molecule has 2 aromatic rings. The minimum atomic E-state index is 0.806. The summed E-state index contributed by atoms with van der Waals surface area (Å²) in [6.07, 6.45) is 28.4. The molecule has 0 bridgehead atoms. The van der Waals surface area contributed by atoms with Gasteiger partial charge in [0.05, 0.1) is 6.61 Å². The lowest BCUT2D eigenvalue weighted by Crippen LogP contribution is -2.15. The number of aromatic nitrogens is 2. The van der Waals surface area contributed by atoms with Gasteiger partial charge in [0.25, 0.3) is 0 Å². The molecule has 0 radical (unpaired) electrons. The van der Waals surface area contributed by atoms with Crippen molar-refractivity contribution >= 4 is 0 Å². The van der Waals surface area contributed by atoms with E-state index in [1.807, 2.05) is 12.4 Å². The monoisotopic (exact) mass is 492 g/mol. The fraction of sp³-hybridized carbons (Fsp3) is 0.697. The van der Waals surface area contributed by atoms with E-state index in [2.05, 4.69) is 48.1 Å². The van der Waals surface area contributed by atoms with Gasteiger partial charge in [0.1, 0.15) is 5.75 Å². The van der Waals surface area contributed by atoms with E-state index in [0.717, 1.165) is 48.4 Å². The molecule has 0 saturated heterocycles. The average Bonchev–Trinajstić information content (AvgIpc) is 2.92. The molecule has 0 aliphatic heterocycles. The summed E-state index contributed by atoms with van der Waals surface area (Å²) >= 11 is 0. The van der Waals surface area contributed by atoms with Crippen LogP contribution in [0.1, 0.15) is 129 Å². The Kier molecular flexibility index (Phi) is 14.0. The molecule has 1 fully saturated rings. The number of ether oxygens (including phenoxy) is 1. The van der Waals surface area contributed by atoms with Gasteiger partial charge in [-0.1, -0.05) is 110 Å². The maximum atomic E-state index is 5.96. The van der Waals surface area contributed by atoms with Crippen molar-refractivity contribution in [2.24, 2.45) is 11.8 Å². The van der Waals surface area contributed by atoms with Gasteiger partial charge in [-0.3, -0.25) is 0 Å². The highest BCUT2D eigenvalue weighted by molar-refractivity contribution is 5.55. The maximum absolute atomic E-state index is 5.96. The second kappa shape index (κ2) is 17.5. The Labute approximate surface area is 221 Å². The van der Waals surface area contributed by atoms with Crippen molar-refractivity contribution in [2.45, 2.75) is 129 Å². The molecule has 0 unspecified atom stereocenters. The first-order valence-corrected chi connectivity index (χ1v) is 15.3. The summed E-state index contributed by atoms with van der Waals surface area (Å²) in [5.41, 5.74) is 2.33. The lowest BCUT2D eigenvalue weighted by atomic mass is 9.78. The highest BCUT2D eigenvalue weighted by Gasteiger charge is 2.20. The van der Waals surface area contributed by atoms with Crippen LogP contribution in [0.3, 0.4) is 0 Å². The molecule has 0 atom stereocenters. The van der Waals surface area contributed by atoms with Crippen LogP contribution >= 0.6 is 0 Å². The van der Waals surface area contributed by atoms with E-state index in [1.165, 1.54) is 108 Å². The largest absolute Gasteiger partial charge is 0.494 e. The molecule has 1 heterocycles. The third-order valence-electron chi connectivity index (χ3n) is 8.09. The number of nitrogens with zero attached hydrogens (tertiary/aromatic N) is 2. The Morgan fingerprint density at radius 3 is 1.81 bits per heavy atom. The second-order valence-electron chi connectivity index (χ2n) is 11.2. The Hall–Kier alpha value is -1.90. The molecule has 1 aromatic carbocycles. The van der Waals surface area contributed by atoms with Gasteiger partial charge in [-0.25, -0.2) is 9.97 Å². The summed E-state index contributed by atoms with van der Waals surface area (Å²) in [5.74, 6) is 3.64. The van der Waals surface area contributed by atoms with E-state index < -0.39 is 0 Å². The van der Waals surface area contributed by atoms with E-state index >= 15 is 0 Å². The van der Waals surface area contributed by atoms with Crippen LogP contribution in [0.25, 0.3) is 11.4 Å². The molecule has 3 heteroatoms. The molecule has 200 valence electrons. The van der Waals surface area contributed by atoms with Gasteiger partial charge in [-0.05, 0) is 60.9 Å². The zero-order valence-electron chi connectivity index (χ0n) is 23.4. The average molecular weight is 493 g/mol. The first kappa shape index (κ1) is 28.7. The van der Waals surface area contributed by atoms with E-state index in [4.69, 9.17) is 4.74 Å². The normalized spacial score (nSPS) is 17.8. The van der Waals surface area contributed by atoms with Gasteiger partial charge in [0.15, 0.2) is 5.82 Å². The number of benzene rings is 1. The van der Waals surface area contributed by atoms with Gasteiger partial charge in [-0.15, -0.1) is 0 Å². The Bertz CT molecular complexity index is 793. The van der Waals surface area contributed by atoms with E-state index in [-0.39, 0.29) is 0 Å². The van der Waals surface area contributed by atoms with Gasteiger partial charge in [0, 0.05) is 18.0 Å². The molecule has 1 aliphatic carbocycles. The van der Waals surface area contributed by atoms with Crippen LogP contribution in [-0.4, -0.2) is 16.6 Å². The van der Waals surface area contributed by atoms with E-state index in [0.29, 0.717) is 0 Å². The number of hydrogen-bond acceptors (Lipinski definition) is 3. The maximum Gasteiger partial charge on any atom is 0.159 e. The number of rotatable bonds is 18. The summed E-state index contributed by atoms with van der Waals surface area (Å²) in [6.45, 7) is 5.41. The van der Waals surface area contributed by atoms with Crippen LogP contribution in [0.4, 0.5) is 0 Å². The summed E-state index contributed by atoms with van der Waals surface area (Å²) in [6, 6.07) is 8.27. The lowest BCUT2D eigenvalue weighted by molar-refractivity contribution is 0.252. The zero-order chi connectivity index (χ0) is 25.3. The van der Waals surface area contributed by atoms with Gasteiger partial charge < -0.3 is 4.74 Å². The molecule has 36 heavy (non-hydrogen) atoms. The van der Waals surface area contributed by atoms with Crippen molar-refractivity contribution in [2.75, 3.05) is 6.61 Å². The molecule has 1 saturated carbocycles. The van der Waals surface area contributed by atoms with Crippen molar-refractivity contribution in [1.82, 2.24) is 9.97 Å². The molecule has 0 amide bonds. The lowest BCUT2D eigenvalue weighted by Gasteiger charge is -2.28. The third kappa shape index (κ3) is 11.0. The predicted octanol–water partition coefficient (Wildman–Crippen LogP) is 9.98. The van der Waals surface area contributed by atoms with Crippen molar-refractivity contribution in [3.8, 4) is 17.1 Å². The molecule has 0 N–H and O–H groups in total. The number of unbranched alkanes of at least 4 members (excludes halogenated alkanes) is 9. The molecular formula is C33H52N2O. The Morgan fingerprint density at radius 1 is 0.667 bits per heavy atom. The van der Waals surface area contributed by atoms with Crippen LogP contribution in [0.15, 0.2) is 36.7 Å². The van der Waals surface area contributed by atoms with Crippen molar-refractivity contribution in [3.05, 3.63) is 42.2 Å². The zero-order valence-corrected chi connectivity index (χ0v) is 23.4. The summed E-state index contributed by atoms with van der Waals surface area (Å²) in [4.78, 5) is 9.32. The molecule has 1 aromatic heterocycles. The number of hydrogen-bond donors (Lipinski definition) is 0. The first-order chi connectivity index (χ1) is 17.8. The van der Waals surface area contributed by atoms with Crippen molar-refractivity contribution in [3.63, 3.8) is 0 Å². The van der Waals surface area contributed by atoms with Crippen LogP contribution in [0, 0.1) is 11.8 Å². The molecule has 1 aliphatic rings. The predicted molar refractivity (Wildman–Crippen MR) is 153 cm³/mol. The Morgan fingerprint density at radius 2 is 1.22 bits per heavy atom. The van der Waals surface area contributed by atoms with E-state index in [1.54, 1.807) is 0 Å². The van der Waals surface area contributed by atoms with Crippen molar-refractivity contribution in [1.29, 1.82) is 0 Å². The SMILES string of the molecule is CCCCCCCCCCCCOc1ccc(-c2ncc(CC[C@H]3CC[C@H](CCC)CC3)cn2)cc1. The Balaban J connectivity index is 1.28. The van der Waals surface area contributed by atoms with Gasteiger partial charge in [0.2, 0.25) is 0 Å². The molecule has 3 rings (SSSR count). The molecule has 3 nitrogen and oxygen atoms in total. The molecule has 0 spiro atoms. The summed E-state index contributed by atoms with van der Waals surface area (Å²) in [7, 11) is 0. The molecular weight excluding hydrogens is 440 g/mol. The second-order valence-corrected chi connectivity index (χ2v) is 11.2. The van der Waals surface area contributed by atoms with E-state index in [9.17, 15) is 0 Å². The summed E-state index contributed by atoms with van der Waals surface area (Å²) in [5, 5.41) is 0. The smallest absolute Gasteiger partial charge is 0.159 e. The third-order valence-corrected chi connectivity index (χ3v) is 8.09. The minimum absolute atomic E-state index is 0.806. The van der Waals surface area contributed by atoms with Crippen LogP contribution in [0.2, 0.25) is 0 Å². The fourth-order valence-electron chi connectivity index (χ4n) is 5.70. The number of aryl methyl sites for hydroxylation is 1. The van der Waals surface area contributed by atoms with Crippen LogP contribution < -0.4 is 4.74 Å². The van der Waals surface area contributed by atoms with Crippen molar-refractivity contribution < 1.29 is 4.74 Å². The minimum Gasteiger partial charge on any atom is -0.494 e. The van der Waals surface area contributed by atoms with Gasteiger partial charge >= 0.3 is 0 Å².